The molecule has 146 valence electrons. The topological polar surface area (TPSA) is 86.4 Å². The van der Waals surface area contributed by atoms with Crippen molar-refractivity contribution in [1.29, 1.82) is 0 Å². The number of nitrogens with zero attached hydrogens (tertiary/aromatic N) is 2. The molecule has 2 N–H and O–H groups in total. The van der Waals surface area contributed by atoms with E-state index in [0.717, 1.165) is 43.2 Å². The second-order valence-electron chi connectivity index (χ2n) is 6.86. The number of phenolic OH excluding ortho intramolecular Hbond substituents is 2. The molecule has 28 heavy (non-hydrogen) atoms. The monoisotopic (exact) mass is 382 g/mol. The van der Waals surface area contributed by atoms with E-state index >= 15 is 0 Å². The molecule has 4 rings (SSSR count). The largest absolute Gasteiger partial charge is 0.504 e. The molecule has 1 saturated heterocycles. The van der Waals surface area contributed by atoms with E-state index in [2.05, 4.69) is 21.9 Å². The van der Waals surface area contributed by atoms with Crippen molar-refractivity contribution in [3.8, 4) is 17.2 Å². The first-order valence-electron chi connectivity index (χ1n) is 9.14. The molecule has 2 aromatic carbocycles. The molecule has 0 spiro atoms. The fraction of sp³-hybridized carbons (Fsp3) is 0.286. The van der Waals surface area contributed by atoms with Gasteiger partial charge in [-0.25, -0.2) is 4.79 Å². The van der Waals surface area contributed by atoms with Crippen molar-refractivity contribution in [2.24, 2.45) is 0 Å². The second-order valence-corrected chi connectivity index (χ2v) is 6.86. The zero-order chi connectivity index (χ0) is 19.7. The highest BCUT2D eigenvalue weighted by Gasteiger charge is 2.20. The van der Waals surface area contributed by atoms with Crippen LogP contribution < -0.4 is 15.3 Å². The third-order valence-electron chi connectivity index (χ3n) is 5.15. The Hall–Kier alpha value is -3.19. The van der Waals surface area contributed by atoms with Crippen LogP contribution in [0.3, 0.4) is 0 Å². The van der Waals surface area contributed by atoms with Gasteiger partial charge in [-0.2, -0.15) is 0 Å². The third-order valence-corrected chi connectivity index (χ3v) is 5.15. The molecule has 3 aromatic rings. The van der Waals surface area contributed by atoms with E-state index in [0.29, 0.717) is 11.9 Å². The van der Waals surface area contributed by atoms with Crippen LogP contribution in [0.15, 0.2) is 51.7 Å². The van der Waals surface area contributed by atoms with Gasteiger partial charge in [-0.05, 0) is 42.0 Å². The Kier molecular flexibility index (Phi) is 4.83. The van der Waals surface area contributed by atoms with Crippen LogP contribution in [0, 0.1) is 0 Å². The van der Waals surface area contributed by atoms with E-state index in [9.17, 15) is 15.0 Å². The van der Waals surface area contributed by atoms with Gasteiger partial charge in [0.1, 0.15) is 5.75 Å². The lowest BCUT2D eigenvalue weighted by atomic mass is 10.1. The summed E-state index contributed by atoms with van der Waals surface area (Å²) in [6.07, 6.45) is 0. The highest BCUT2D eigenvalue weighted by atomic mass is 16.5. The van der Waals surface area contributed by atoms with Crippen molar-refractivity contribution in [1.82, 2.24) is 4.90 Å². The molecule has 0 amide bonds. The number of methoxy groups -OCH3 is 1. The van der Waals surface area contributed by atoms with E-state index in [-0.39, 0.29) is 11.3 Å². The van der Waals surface area contributed by atoms with Crippen LogP contribution in [0.4, 0.5) is 5.69 Å². The first-order valence-corrected chi connectivity index (χ1v) is 9.14. The Morgan fingerprint density at radius 1 is 1.04 bits per heavy atom. The van der Waals surface area contributed by atoms with Crippen molar-refractivity contribution in [3.05, 3.63) is 58.4 Å². The number of aromatic hydroxyl groups is 2. The van der Waals surface area contributed by atoms with E-state index in [4.69, 9.17) is 9.15 Å². The molecule has 0 radical (unpaired) electrons. The van der Waals surface area contributed by atoms with E-state index in [1.807, 2.05) is 12.1 Å². The number of benzene rings is 2. The lowest BCUT2D eigenvalue weighted by molar-refractivity contribution is 0.250. The van der Waals surface area contributed by atoms with Gasteiger partial charge in [-0.15, -0.1) is 0 Å². The number of phenols is 2. The van der Waals surface area contributed by atoms with Crippen LogP contribution in [0.2, 0.25) is 0 Å². The molecule has 2 heterocycles. The number of fused-ring (bicyclic) bond motifs is 1. The molecule has 1 aromatic heterocycles. The lowest BCUT2D eigenvalue weighted by Gasteiger charge is -2.36. The summed E-state index contributed by atoms with van der Waals surface area (Å²) in [5.74, 6) is 0.133. The van der Waals surface area contributed by atoms with Crippen LogP contribution in [0.1, 0.15) is 5.56 Å². The summed E-state index contributed by atoms with van der Waals surface area (Å²) in [5, 5.41) is 20.3. The van der Waals surface area contributed by atoms with Gasteiger partial charge in [0.05, 0.1) is 7.11 Å². The number of anilines is 1. The first-order chi connectivity index (χ1) is 13.5. The van der Waals surface area contributed by atoms with Crippen LogP contribution in [0.5, 0.6) is 17.2 Å². The molecule has 7 heteroatoms. The van der Waals surface area contributed by atoms with Gasteiger partial charge in [0.15, 0.2) is 11.3 Å². The van der Waals surface area contributed by atoms with Gasteiger partial charge in [0.25, 0.3) is 0 Å². The number of ether oxygens (including phenoxy) is 1. The molecule has 0 unspecified atom stereocenters. The van der Waals surface area contributed by atoms with Crippen LogP contribution in [-0.4, -0.2) is 48.4 Å². The minimum absolute atomic E-state index is 0.0272. The summed E-state index contributed by atoms with van der Waals surface area (Å²) in [5.41, 5.74) is 1.42. The zero-order valence-electron chi connectivity index (χ0n) is 15.6. The predicted octanol–water partition coefficient (Wildman–Crippen LogP) is 2.54. The minimum Gasteiger partial charge on any atom is -0.504 e. The van der Waals surface area contributed by atoms with Gasteiger partial charge in [-0.1, -0.05) is 0 Å². The standard InChI is InChI=1S/C21H22N2O5/c1-27-16-4-2-15(3-5-16)23-10-8-22(9-11-23)13-14-12-19(25)28-21-17(14)6-7-18(24)20(21)26/h2-7,12,24,26H,8-11,13H2,1H3. The van der Waals surface area contributed by atoms with E-state index in [1.54, 1.807) is 13.2 Å². The molecule has 0 atom stereocenters. The highest BCUT2D eigenvalue weighted by Crippen LogP contribution is 2.34. The smallest absolute Gasteiger partial charge is 0.336 e. The van der Waals surface area contributed by atoms with Gasteiger partial charge in [-0.3, -0.25) is 4.90 Å². The summed E-state index contributed by atoms with van der Waals surface area (Å²) < 4.78 is 10.3. The van der Waals surface area contributed by atoms with Crippen molar-refractivity contribution in [3.63, 3.8) is 0 Å². The SMILES string of the molecule is COc1ccc(N2CCN(Cc3cc(=O)oc4c(O)c(O)ccc34)CC2)cc1. The Labute approximate surface area is 162 Å². The van der Waals surface area contributed by atoms with Crippen molar-refractivity contribution in [2.75, 3.05) is 38.2 Å². The summed E-state index contributed by atoms with van der Waals surface area (Å²) >= 11 is 0. The quantitative estimate of drug-likeness (QED) is 0.530. The number of hydrogen-bond acceptors (Lipinski definition) is 7. The van der Waals surface area contributed by atoms with Gasteiger partial charge in [0.2, 0.25) is 5.75 Å². The van der Waals surface area contributed by atoms with E-state index < -0.39 is 11.4 Å². The number of hydrogen-bond donors (Lipinski definition) is 2. The molecule has 0 saturated carbocycles. The fourth-order valence-corrected chi connectivity index (χ4v) is 3.60. The summed E-state index contributed by atoms with van der Waals surface area (Å²) in [6, 6.07) is 12.5. The lowest BCUT2D eigenvalue weighted by Crippen LogP contribution is -2.46. The minimum atomic E-state index is -0.541. The average Bonchev–Trinajstić information content (AvgIpc) is 2.72. The average molecular weight is 382 g/mol. The molecule has 0 bridgehead atoms. The molecule has 0 aliphatic carbocycles. The van der Waals surface area contributed by atoms with Crippen LogP contribution >= 0.6 is 0 Å². The maximum Gasteiger partial charge on any atom is 0.336 e. The maximum absolute atomic E-state index is 11.9. The van der Waals surface area contributed by atoms with Crippen molar-refractivity contribution in [2.45, 2.75) is 6.54 Å². The molecule has 1 aliphatic heterocycles. The molecule has 7 nitrogen and oxygen atoms in total. The van der Waals surface area contributed by atoms with Gasteiger partial charge in [0, 0.05) is 49.9 Å². The molecule has 1 aliphatic rings. The number of rotatable bonds is 4. The van der Waals surface area contributed by atoms with Crippen LogP contribution in [-0.2, 0) is 6.54 Å². The summed E-state index contributed by atoms with van der Waals surface area (Å²) in [7, 11) is 1.66. The predicted molar refractivity (Wildman–Crippen MR) is 106 cm³/mol. The normalized spacial score (nSPS) is 15.1. The fourth-order valence-electron chi connectivity index (χ4n) is 3.60. The highest BCUT2D eigenvalue weighted by molar-refractivity contribution is 5.87. The Morgan fingerprint density at radius 2 is 1.75 bits per heavy atom. The Balaban J connectivity index is 1.49. The maximum atomic E-state index is 11.9. The van der Waals surface area contributed by atoms with Gasteiger partial charge < -0.3 is 24.3 Å². The van der Waals surface area contributed by atoms with Gasteiger partial charge >= 0.3 is 5.63 Å². The van der Waals surface area contributed by atoms with Crippen molar-refractivity contribution >= 4 is 16.7 Å². The summed E-state index contributed by atoms with van der Waals surface area (Å²) in [4.78, 5) is 16.5. The Bertz CT molecular complexity index is 1040. The van der Waals surface area contributed by atoms with E-state index in [1.165, 1.54) is 12.1 Å². The molecular formula is C21H22N2O5. The zero-order valence-corrected chi connectivity index (χ0v) is 15.6. The first kappa shape index (κ1) is 18.2. The second kappa shape index (κ2) is 7.44. The Morgan fingerprint density at radius 3 is 2.43 bits per heavy atom. The molecule has 1 fully saturated rings. The third kappa shape index (κ3) is 3.48. The number of piperazine rings is 1. The van der Waals surface area contributed by atoms with Crippen LogP contribution in [0.25, 0.3) is 11.0 Å². The van der Waals surface area contributed by atoms with Crippen molar-refractivity contribution < 1.29 is 19.4 Å². The summed E-state index contributed by atoms with van der Waals surface area (Å²) in [6.45, 7) is 4.01. The molecular weight excluding hydrogens is 360 g/mol.